The van der Waals surface area contributed by atoms with Crippen LogP contribution in [0.3, 0.4) is 0 Å². The number of hydrogen-bond donors (Lipinski definition) is 3. The van der Waals surface area contributed by atoms with Gasteiger partial charge in [0.15, 0.2) is 16.6 Å². The smallest absolute Gasteiger partial charge is 0.247 e. The van der Waals surface area contributed by atoms with Crippen LogP contribution in [0.25, 0.3) is 11.5 Å². The number of anilines is 1. The van der Waals surface area contributed by atoms with Crippen LogP contribution >= 0.6 is 11.6 Å². The van der Waals surface area contributed by atoms with E-state index in [0.717, 1.165) is 35.2 Å². The van der Waals surface area contributed by atoms with E-state index < -0.39 is 16.6 Å². The Morgan fingerprint density at radius 3 is 2.10 bits per heavy atom. The summed E-state index contributed by atoms with van der Waals surface area (Å²) in [6, 6.07) is 13.4. The fourth-order valence-corrected chi connectivity index (χ4v) is 6.35. The quantitative estimate of drug-likeness (QED) is 0.187. The van der Waals surface area contributed by atoms with E-state index in [1.165, 1.54) is 0 Å². The lowest BCUT2D eigenvalue weighted by Gasteiger charge is -2.38. The lowest BCUT2D eigenvalue weighted by molar-refractivity contribution is 0.330. The van der Waals surface area contributed by atoms with Crippen molar-refractivity contribution in [2.24, 2.45) is 5.92 Å². The molecule has 2 aromatic carbocycles. The molecule has 0 spiro atoms. The Morgan fingerprint density at radius 1 is 0.976 bits per heavy atom. The highest BCUT2D eigenvalue weighted by Crippen LogP contribution is 2.45. The third kappa shape index (κ3) is 7.48. The monoisotopic (exact) mass is 612 g/mol. The van der Waals surface area contributed by atoms with Crippen molar-refractivity contribution < 1.29 is 14.0 Å². The highest BCUT2D eigenvalue weighted by molar-refractivity contribution is 6.73. The number of halogens is 1. The standard InChI is InChI=1S/C31H45ClN4O3Si2/c1-20(17-30(3,4)40(7,8)37)27(34-25-16-15-24(19-33)26(32)21(25)2)29-36-35-28(39-29)23-13-11-22(12-14-23)18-31(5,6)41(9,10)38/h11-16,20,27,34,37-38H,17-18H2,1-10H3/t20-,27-/m1/s1. The largest absolute Gasteiger partial charge is 0.432 e. The van der Waals surface area contributed by atoms with Crippen LogP contribution in [0, 0.1) is 24.2 Å². The second-order valence-electron chi connectivity index (χ2n) is 13.7. The normalized spacial score (nSPS) is 14.4. The minimum absolute atomic E-state index is 0.0154. The maximum absolute atomic E-state index is 11.0. The molecule has 0 amide bonds. The van der Waals surface area contributed by atoms with Gasteiger partial charge in [0.1, 0.15) is 12.1 Å². The first kappa shape index (κ1) is 33.0. The van der Waals surface area contributed by atoms with Gasteiger partial charge in [-0.3, -0.25) is 0 Å². The molecule has 0 bridgehead atoms. The van der Waals surface area contributed by atoms with Gasteiger partial charge < -0.3 is 19.3 Å². The van der Waals surface area contributed by atoms with Crippen molar-refractivity contribution >= 4 is 33.9 Å². The number of nitrogens with zero attached hydrogens (tertiary/aromatic N) is 3. The van der Waals surface area contributed by atoms with Gasteiger partial charge in [-0.1, -0.05) is 58.4 Å². The van der Waals surface area contributed by atoms with Crippen LogP contribution in [-0.2, 0) is 6.42 Å². The maximum atomic E-state index is 11.0. The summed E-state index contributed by atoms with van der Waals surface area (Å²) in [4.78, 5) is 21.7. The molecule has 3 aromatic rings. The molecule has 0 unspecified atom stereocenters. The van der Waals surface area contributed by atoms with Crippen LogP contribution in [0.15, 0.2) is 40.8 Å². The Labute approximate surface area is 252 Å². The van der Waals surface area contributed by atoms with E-state index in [9.17, 15) is 14.9 Å². The molecule has 222 valence electrons. The van der Waals surface area contributed by atoms with Crippen molar-refractivity contribution in [1.29, 1.82) is 5.26 Å². The van der Waals surface area contributed by atoms with Crippen LogP contribution in [0.5, 0.6) is 0 Å². The third-order valence-corrected chi connectivity index (χ3v) is 16.6. The molecule has 0 saturated heterocycles. The van der Waals surface area contributed by atoms with E-state index in [1.807, 2.05) is 51.3 Å². The zero-order chi connectivity index (χ0) is 31.0. The van der Waals surface area contributed by atoms with Crippen LogP contribution in [0.2, 0.25) is 41.3 Å². The van der Waals surface area contributed by atoms with Crippen molar-refractivity contribution in [3.63, 3.8) is 0 Å². The molecule has 1 aromatic heterocycles. The van der Waals surface area contributed by atoms with E-state index >= 15 is 0 Å². The average molecular weight is 613 g/mol. The minimum Gasteiger partial charge on any atom is -0.432 e. The van der Waals surface area contributed by atoms with E-state index in [-0.39, 0.29) is 22.0 Å². The van der Waals surface area contributed by atoms with Gasteiger partial charge >= 0.3 is 0 Å². The van der Waals surface area contributed by atoms with Crippen molar-refractivity contribution in [2.45, 2.75) is 96.7 Å². The van der Waals surface area contributed by atoms with Gasteiger partial charge in [0.2, 0.25) is 11.8 Å². The fourth-order valence-electron chi connectivity index (χ4n) is 4.68. The summed E-state index contributed by atoms with van der Waals surface area (Å²) in [5, 5.41) is 21.8. The zero-order valence-corrected chi connectivity index (χ0v) is 28.8. The molecular formula is C31H45ClN4O3Si2. The molecule has 3 N–H and O–H groups in total. The number of aromatic nitrogens is 2. The SMILES string of the molecule is Cc1c(N[C@@H](c2nnc(-c3ccc(CC(C)(C)[Si](C)(C)O)cc3)o2)[C@H](C)CC(C)(C)[Si](C)(C)O)ccc(C#N)c1Cl. The first-order chi connectivity index (χ1) is 18.8. The fraction of sp³-hybridized carbons (Fsp3) is 0.516. The molecule has 10 heteroatoms. The summed E-state index contributed by atoms with van der Waals surface area (Å²) in [6.07, 6.45) is 1.52. The number of nitrogens with one attached hydrogen (secondary N) is 1. The van der Waals surface area contributed by atoms with E-state index in [2.05, 4.69) is 68.3 Å². The molecule has 0 fully saturated rings. The molecule has 0 saturated carbocycles. The predicted molar refractivity (Wildman–Crippen MR) is 172 cm³/mol. The minimum atomic E-state index is -2.47. The van der Waals surface area contributed by atoms with Crippen LogP contribution in [0.4, 0.5) is 5.69 Å². The molecule has 7 nitrogen and oxygen atoms in total. The Bertz CT molecular complexity index is 1400. The van der Waals surface area contributed by atoms with Gasteiger partial charge in [0, 0.05) is 11.3 Å². The number of hydrogen-bond acceptors (Lipinski definition) is 7. The Hall–Kier alpha value is -2.49. The number of nitriles is 1. The summed E-state index contributed by atoms with van der Waals surface area (Å²) >= 11 is 6.48. The number of benzene rings is 2. The van der Waals surface area contributed by atoms with Gasteiger partial charge in [0.05, 0.1) is 10.6 Å². The molecule has 0 aliphatic carbocycles. The first-order valence-electron chi connectivity index (χ1n) is 14.1. The second-order valence-corrected chi connectivity index (χ2v) is 23.0. The Balaban J connectivity index is 1.95. The highest BCUT2D eigenvalue weighted by atomic mass is 35.5. The maximum Gasteiger partial charge on any atom is 0.247 e. The molecule has 0 aliphatic rings. The van der Waals surface area contributed by atoms with Crippen LogP contribution in [0.1, 0.15) is 69.7 Å². The van der Waals surface area contributed by atoms with Gasteiger partial charge in [-0.15, -0.1) is 10.2 Å². The van der Waals surface area contributed by atoms with Crippen molar-refractivity contribution in [3.8, 4) is 17.5 Å². The molecular weight excluding hydrogens is 568 g/mol. The Morgan fingerprint density at radius 2 is 1.56 bits per heavy atom. The lowest BCUT2D eigenvalue weighted by atomic mass is 9.90. The average Bonchev–Trinajstić information content (AvgIpc) is 3.33. The molecule has 0 aliphatic heterocycles. The highest BCUT2D eigenvalue weighted by Gasteiger charge is 2.41. The summed E-state index contributed by atoms with van der Waals surface area (Å²) in [5.41, 5.74) is 3.94. The van der Waals surface area contributed by atoms with E-state index in [4.69, 9.17) is 16.0 Å². The second kappa shape index (κ2) is 12.0. The summed E-state index contributed by atoms with van der Waals surface area (Å²) in [6.45, 7) is 20.3. The summed E-state index contributed by atoms with van der Waals surface area (Å²) in [7, 11) is -4.79. The van der Waals surface area contributed by atoms with E-state index in [0.29, 0.717) is 22.4 Å². The van der Waals surface area contributed by atoms with Crippen molar-refractivity contribution in [1.82, 2.24) is 10.2 Å². The third-order valence-electron chi connectivity index (χ3n) is 9.09. The van der Waals surface area contributed by atoms with Crippen molar-refractivity contribution in [2.75, 3.05) is 5.32 Å². The zero-order valence-electron chi connectivity index (χ0n) is 26.1. The Kier molecular flexibility index (Phi) is 9.68. The molecule has 0 radical (unpaired) electrons. The van der Waals surface area contributed by atoms with Gasteiger partial charge in [-0.05, 0) is 97.3 Å². The summed E-state index contributed by atoms with van der Waals surface area (Å²) < 4.78 is 6.28. The van der Waals surface area contributed by atoms with Gasteiger partial charge in [0.25, 0.3) is 0 Å². The topological polar surface area (TPSA) is 115 Å². The number of rotatable bonds is 11. The van der Waals surface area contributed by atoms with Gasteiger partial charge in [-0.2, -0.15) is 5.26 Å². The van der Waals surface area contributed by atoms with Gasteiger partial charge in [-0.25, -0.2) is 0 Å². The first-order valence-corrected chi connectivity index (χ1v) is 20.4. The van der Waals surface area contributed by atoms with Crippen LogP contribution in [-0.4, -0.2) is 36.4 Å². The predicted octanol–water partition coefficient (Wildman–Crippen LogP) is 8.25. The van der Waals surface area contributed by atoms with E-state index in [1.54, 1.807) is 6.07 Å². The lowest BCUT2D eigenvalue weighted by Crippen LogP contribution is -2.41. The molecule has 1 heterocycles. The summed E-state index contributed by atoms with van der Waals surface area (Å²) in [5.74, 6) is 0.882. The molecule has 2 atom stereocenters. The molecule has 3 rings (SSSR count). The molecule has 41 heavy (non-hydrogen) atoms. The van der Waals surface area contributed by atoms with Crippen molar-refractivity contribution in [3.05, 3.63) is 64.0 Å². The van der Waals surface area contributed by atoms with Crippen LogP contribution < -0.4 is 5.32 Å².